The highest BCUT2D eigenvalue weighted by molar-refractivity contribution is 9.10. The van der Waals surface area contributed by atoms with Crippen molar-refractivity contribution >= 4 is 33.4 Å². The van der Waals surface area contributed by atoms with Crippen molar-refractivity contribution < 1.29 is 9.47 Å². The van der Waals surface area contributed by atoms with Gasteiger partial charge in [0.15, 0.2) is 0 Å². The van der Waals surface area contributed by atoms with Crippen LogP contribution in [0.25, 0.3) is 0 Å². The molecular formula is C18H26BrClN2O2. The molecule has 2 unspecified atom stereocenters. The zero-order valence-corrected chi connectivity index (χ0v) is 17.0. The predicted octanol–water partition coefficient (Wildman–Crippen LogP) is 4.44. The summed E-state index contributed by atoms with van der Waals surface area (Å²) in [5.41, 5.74) is 1.11. The van der Waals surface area contributed by atoms with Gasteiger partial charge in [0.2, 0.25) is 5.90 Å². The molecule has 3 atom stereocenters. The number of nitrogens with zero attached hydrogens (tertiary/aromatic N) is 1. The summed E-state index contributed by atoms with van der Waals surface area (Å²) in [5.74, 6) is 1.14. The first-order chi connectivity index (χ1) is 11.5. The van der Waals surface area contributed by atoms with Crippen molar-refractivity contribution in [2.45, 2.75) is 52.4 Å². The summed E-state index contributed by atoms with van der Waals surface area (Å²) in [5, 5.41) is 4.29. The Morgan fingerprint density at radius 3 is 2.67 bits per heavy atom. The molecule has 1 heterocycles. The van der Waals surface area contributed by atoms with Gasteiger partial charge in [-0.2, -0.15) is 0 Å². The van der Waals surface area contributed by atoms with Crippen molar-refractivity contribution in [1.82, 2.24) is 5.32 Å². The molecule has 0 radical (unpaired) electrons. The Kier molecular flexibility index (Phi) is 7.54. The first kappa shape index (κ1) is 19.7. The van der Waals surface area contributed by atoms with Crippen LogP contribution in [-0.2, 0) is 15.9 Å². The number of hydrogen-bond acceptors (Lipinski definition) is 4. The van der Waals surface area contributed by atoms with Gasteiger partial charge in [0, 0.05) is 16.1 Å². The SMILES string of the molecule is CCOC1=NC(Cc2cc(Cl)ccc2Br)C(OCC)N[C@@H]1C(C)C. The molecule has 1 aromatic carbocycles. The van der Waals surface area contributed by atoms with Crippen LogP contribution in [0.5, 0.6) is 0 Å². The Balaban J connectivity index is 2.30. The fraction of sp³-hybridized carbons (Fsp3) is 0.611. The molecule has 0 aromatic heterocycles. The lowest BCUT2D eigenvalue weighted by Crippen LogP contribution is -2.57. The number of rotatable bonds is 6. The van der Waals surface area contributed by atoms with E-state index >= 15 is 0 Å². The first-order valence-electron chi connectivity index (χ1n) is 8.48. The molecule has 0 saturated carbocycles. The van der Waals surface area contributed by atoms with Crippen LogP contribution in [-0.4, -0.2) is 37.4 Å². The molecule has 0 bridgehead atoms. The smallest absolute Gasteiger partial charge is 0.201 e. The van der Waals surface area contributed by atoms with E-state index in [4.69, 9.17) is 26.1 Å². The number of ether oxygens (including phenoxy) is 2. The first-order valence-corrected chi connectivity index (χ1v) is 9.65. The molecular weight excluding hydrogens is 392 g/mol. The molecule has 0 amide bonds. The third-order valence-electron chi connectivity index (χ3n) is 3.99. The molecule has 1 aromatic rings. The molecule has 2 rings (SSSR count). The van der Waals surface area contributed by atoms with Crippen molar-refractivity contribution in [1.29, 1.82) is 0 Å². The van der Waals surface area contributed by atoms with Crippen LogP contribution in [0.15, 0.2) is 27.7 Å². The average molecular weight is 418 g/mol. The quantitative estimate of drug-likeness (QED) is 0.744. The minimum Gasteiger partial charge on any atom is -0.480 e. The topological polar surface area (TPSA) is 42.9 Å². The van der Waals surface area contributed by atoms with Crippen LogP contribution in [0.1, 0.15) is 33.3 Å². The molecule has 0 spiro atoms. The normalized spacial score (nSPS) is 24.1. The van der Waals surface area contributed by atoms with Gasteiger partial charge in [-0.3, -0.25) is 5.32 Å². The molecule has 1 aliphatic heterocycles. The number of halogens is 2. The minimum atomic E-state index is -0.141. The van der Waals surface area contributed by atoms with Gasteiger partial charge in [-0.25, -0.2) is 4.99 Å². The van der Waals surface area contributed by atoms with Crippen molar-refractivity contribution in [3.63, 3.8) is 0 Å². The molecule has 1 aliphatic rings. The molecule has 6 heteroatoms. The van der Waals surface area contributed by atoms with E-state index in [0.717, 1.165) is 27.4 Å². The van der Waals surface area contributed by atoms with E-state index in [0.29, 0.717) is 19.1 Å². The molecule has 4 nitrogen and oxygen atoms in total. The van der Waals surface area contributed by atoms with Crippen LogP contribution in [0, 0.1) is 5.92 Å². The maximum absolute atomic E-state index is 6.15. The fourth-order valence-corrected chi connectivity index (χ4v) is 3.44. The summed E-state index contributed by atoms with van der Waals surface area (Å²) in [6.45, 7) is 9.54. The molecule has 24 heavy (non-hydrogen) atoms. The lowest BCUT2D eigenvalue weighted by atomic mass is 9.98. The van der Waals surface area contributed by atoms with Crippen LogP contribution in [0.2, 0.25) is 5.02 Å². The zero-order chi connectivity index (χ0) is 17.7. The summed E-state index contributed by atoms with van der Waals surface area (Å²) in [6.07, 6.45) is 0.581. The predicted molar refractivity (Wildman–Crippen MR) is 103 cm³/mol. The highest BCUT2D eigenvalue weighted by Crippen LogP contribution is 2.26. The number of nitrogens with one attached hydrogen (secondary N) is 1. The summed E-state index contributed by atoms with van der Waals surface area (Å²) in [7, 11) is 0. The van der Waals surface area contributed by atoms with Crippen molar-refractivity contribution in [3.8, 4) is 0 Å². The molecule has 0 fully saturated rings. The summed E-state index contributed by atoms with van der Waals surface area (Å²) >= 11 is 9.74. The fourth-order valence-electron chi connectivity index (χ4n) is 2.84. The minimum absolute atomic E-state index is 0.0590. The van der Waals surface area contributed by atoms with E-state index in [2.05, 4.69) is 35.1 Å². The van der Waals surface area contributed by atoms with Crippen LogP contribution in [0.4, 0.5) is 0 Å². The van der Waals surface area contributed by atoms with E-state index in [1.807, 2.05) is 32.0 Å². The van der Waals surface area contributed by atoms with Gasteiger partial charge in [-0.15, -0.1) is 0 Å². The molecule has 0 saturated heterocycles. The number of hydrogen-bond donors (Lipinski definition) is 1. The Labute approximate surface area is 158 Å². The largest absolute Gasteiger partial charge is 0.480 e. The van der Waals surface area contributed by atoms with E-state index in [1.54, 1.807) is 0 Å². The second-order valence-corrected chi connectivity index (χ2v) is 7.46. The van der Waals surface area contributed by atoms with Gasteiger partial charge in [0.1, 0.15) is 6.23 Å². The Bertz CT molecular complexity index is 580. The van der Waals surface area contributed by atoms with Crippen LogP contribution < -0.4 is 5.32 Å². The Morgan fingerprint density at radius 1 is 1.29 bits per heavy atom. The van der Waals surface area contributed by atoms with Crippen molar-refractivity contribution in [2.75, 3.05) is 13.2 Å². The Morgan fingerprint density at radius 2 is 2.04 bits per heavy atom. The standard InChI is InChI=1S/C18H26BrClN2O2/c1-5-23-17-15(10-12-9-13(20)7-8-14(12)19)21-18(24-6-2)16(22-17)11(3)4/h7-9,11,15-17,22H,5-6,10H2,1-4H3/t15?,16-,17?/m1/s1. The summed E-state index contributed by atoms with van der Waals surface area (Å²) < 4.78 is 12.8. The Hall–Kier alpha value is -0.620. The summed E-state index contributed by atoms with van der Waals surface area (Å²) in [6, 6.07) is 5.82. The third kappa shape index (κ3) is 4.94. The van der Waals surface area contributed by atoms with Crippen molar-refractivity contribution in [3.05, 3.63) is 33.3 Å². The van der Waals surface area contributed by atoms with Gasteiger partial charge >= 0.3 is 0 Å². The highest BCUT2D eigenvalue weighted by atomic mass is 79.9. The molecule has 134 valence electrons. The zero-order valence-electron chi connectivity index (χ0n) is 14.7. The van der Waals surface area contributed by atoms with Crippen LogP contribution >= 0.6 is 27.5 Å². The van der Waals surface area contributed by atoms with Crippen molar-refractivity contribution in [2.24, 2.45) is 10.9 Å². The van der Waals surface area contributed by atoms with Crippen LogP contribution in [0.3, 0.4) is 0 Å². The third-order valence-corrected chi connectivity index (χ3v) is 5.00. The lowest BCUT2D eigenvalue weighted by Gasteiger charge is -2.37. The maximum Gasteiger partial charge on any atom is 0.201 e. The second-order valence-electron chi connectivity index (χ2n) is 6.17. The average Bonchev–Trinajstić information content (AvgIpc) is 2.53. The van der Waals surface area contributed by atoms with E-state index in [1.165, 1.54) is 0 Å². The summed E-state index contributed by atoms with van der Waals surface area (Å²) in [4.78, 5) is 4.88. The van der Waals surface area contributed by atoms with Gasteiger partial charge in [-0.05, 0) is 49.9 Å². The number of aliphatic imine (C=N–C) groups is 1. The highest BCUT2D eigenvalue weighted by Gasteiger charge is 2.35. The van der Waals surface area contributed by atoms with Gasteiger partial charge in [0.25, 0.3) is 0 Å². The van der Waals surface area contributed by atoms with E-state index in [9.17, 15) is 0 Å². The van der Waals surface area contributed by atoms with E-state index < -0.39 is 0 Å². The lowest BCUT2D eigenvalue weighted by molar-refractivity contribution is 0.00457. The maximum atomic E-state index is 6.15. The molecule has 0 aliphatic carbocycles. The van der Waals surface area contributed by atoms with Gasteiger partial charge in [0.05, 0.1) is 18.7 Å². The van der Waals surface area contributed by atoms with Gasteiger partial charge < -0.3 is 9.47 Å². The monoisotopic (exact) mass is 416 g/mol. The number of benzene rings is 1. The second kappa shape index (κ2) is 9.18. The molecule has 1 N–H and O–H groups in total. The van der Waals surface area contributed by atoms with E-state index in [-0.39, 0.29) is 18.3 Å². The van der Waals surface area contributed by atoms with Gasteiger partial charge in [-0.1, -0.05) is 41.4 Å².